The van der Waals surface area contributed by atoms with Crippen molar-refractivity contribution in [2.75, 3.05) is 39.1 Å². The number of likely N-dealkylation sites (tertiary alicyclic amines) is 1. The Morgan fingerprint density at radius 2 is 1.95 bits per heavy atom. The quantitative estimate of drug-likeness (QED) is 0.844. The van der Waals surface area contributed by atoms with Gasteiger partial charge in [0.05, 0.1) is 7.11 Å². The number of rotatable bonds is 5. The first kappa shape index (κ1) is 14.8. The number of alkyl halides is 2. The molecule has 1 fully saturated rings. The van der Waals surface area contributed by atoms with Crippen molar-refractivity contribution in [3.63, 3.8) is 0 Å². The van der Waals surface area contributed by atoms with Crippen LogP contribution in [0.2, 0.25) is 0 Å². The zero-order chi connectivity index (χ0) is 14.6. The predicted octanol–water partition coefficient (Wildman–Crippen LogP) is 2.39. The van der Waals surface area contributed by atoms with Crippen LogP contribution in [0.5, 0.6) is 11.5 Å². The molecule has 112 valence electrons. The lowest BCUT2D eigenvalue weighted by atomic mass is 10.1. The van der Waals surface area contributed by atoms with Crippen molar-refractivity contribution in [2.24, 2.45) is 0 Å². The highest BCUT2D eigenvalue weighted by Gasteiger charge is 2.33. The van der Waals surface area contributed by atoms with Crippen molar-refractivity contribution >= 4 is 5.69 Å². The lowest BCUT2D eigenvalue weighted by molar-refractivity contribution is -0.0564. The minimum absolute atomic E-state index is 0.0748. The third-order valence-corrected chi connectivity index (χ3v) is 3.44. The molecule has 4 nitrogen and oxygen atoms in total. The Labute approximate surface area is 117 Å². The predicted molar refractivity (Wildman–Crippen MR) is 73.5 cm³/mol. The van der Waals surface area contributed by atoms with E-state index in [1.165, 1.54) is 0 Å². The van der Waals surface area contributed by atoms with Gasteiger partial charge in [-0.05, 0) is 12.1 Å². The maximum atomic E-state index is 13.0. The van der Waals surface area contributed by atoms with Crippen molar-refractivity contribution in [2.45, 2.75) is 18.8 Å². The summed E-state index contributed by atoms with van der Waals surface area (Å²) in [6.07, 6.45) is -0.150. The topological polar surface area (TPSA) is 47.7 Å². The van der Waals surface area contributed by atoms with E-state index in [9.17, 15) is 8.78 Å². The highest BCUT2D eigenvalue weighted by molar-refractivity contribution is 5.51. The molecule has 20 heavy (non-hydrogen) atoms. The lowest BCUT2D eigenvalue weighted by Gasteiger charge is -2.31. The van der Waals surface area contributed by atoms with E-state index >= 15 is 0 Å². The maximum Gasteiger partial charge on any atom is 0.250 e. The standard InChI is InChI=1S/C14H20F2N2O2/c1-19-12-3-2-11(17)10-13(12)20-9-8-18-6-4-14(15,16)5-7-18/h2-3,10H,4-9,17H2,1H3. The fraction of sp³-hybridized carbons (Fsp3) is 0.571. The summed E-state index contributed by atoms with van der Waals surface area (Å²) in [5.41, 5.74) is 6.29. The molecule has 1 heterocycles. The molecule has 1 aromatic rings. The van der Waals surface area contributed by atoms with Crippen molar-refractivity contribution < 1.29 is 18.3 Å². The minimum atomic E-state index is -2.51. The zero-order valence-electron chi connectivity index (χ0n) is 11.6. The molecule has 1 saturated heterocycles. The van der Waals surface area contributed by atoms with E-state index in [1.807, 2.05) is 4.90 Å². The molecule has 0 atom stereocenters. The van der Waals surface area contributed by atoms with Gasteiger partial charge in [-0.2, -0.15) is 0 Å². The summed E-state index contributed by atoms with van der Waals surface area (Å²) in [5, 5.41) is 0. The SMILES string of the molecule is COc1ccc(N)cc1OCCN1CCC(F)(F)CC1. The van der Waals surface area contributed by atoms with Gasteiger partial charge in [0, 0.05) is 44.2 Å². The second-order valence-electron chi connectivity index (χ2n) is 4.96. The summed E-state index contributed by atoms with van der Waals surface area (Å²) in [7, 11) is 1.56. The van der Waals surface area contributed by atoms with E-state index in [-0.39, 0.29) is 12.8 Å². The number of methoxy groups -OCH3 is 1. The number of nitrogens with two attached hydrogens (primary N) is 1. The van der Waals surface area contributed by atoms with Crippen LogP contribution in [-0.2, 0) is 0 Å². The largest absolute Gasteiger partial charge is 0.493 e. The minimum Gasteiger partial charge on any atom is -0.493 e. The molecule has 0 bridgehead atoms. The van der Waals surface area contributed by atoms with Crippen LogP contribution in [-0.4, -0.2) is 44.2 Å². The molecule has 1 aliphatic heterocycles. The summed E-state index contributed by atoms with van der Waals surface area (Å²) in [6, 6.07) is 5.17. The van der Waals surface area contributed by atoms with Gasteiger partial charge in [0.25, 0.3) is 5.92 Å². The molecule has 0 radical (unpaired) electrons. The van der Waals surface area contributed by atoms with E-state index in [0.29, 0.717) is 43.4 Å². The van der Waals surface area contributed by atoms with Gasteiger partial charge in [0.15, 0.2) is 11.5 Å². The number of ether oxygens (including phenoxy) is 2. The number of anilines is 1. The molecule has 1 aromatic carbocycles. The fourth-order valence-electron chi connectivity index (χ4n) is 2.19. The first-order chi connectivity index (χ1) is 9.50. The Balaban J connectivity index is 1.80. The van der Waals surface area contributed by atoms with E-state index in [1.54, 1.807) is 25.3 Å². The molecule has 0 saturated carbocycles. The van der Waals surface area contributed by atoms with Crippen LogP contribution in [0.4, 0.5) is 14.5 Å². The normalized spacial score (nSPS) is 18.8. The number of hydrogen-bond donors (Lipinski definition) is 1. The van der Waals surface area contributed by atoms with E-state index < -0.39 is 5.92 Å². The monoisotopic (exact) mass is 286 g/mol. The van der Waals surface area contributed by atoms with Gasteiger partial charge in [0.2, 0.25) is 0 Å². The summed E-state index contributed by atoms with van der Waals surface area (Å²) < 4.78 is 36.8. The molecule has 2 rings (SSSR count). The van der Waals surface area contributed by atoms with Gasteiger partial charge < -0.3 is 15.2 Å². The molecule has 1 aliphatic rings. The van der Waals surface area contributed by atoms with Crippen LogP contribution >= 0.6 is 0 Å². The van der Waals surface area contributed by atoms with E-state index in [2.05, 4.69) is 0 Å². The molecular formula is C14H20F2N2O2. The van der Waals surface area contributed by atoms with Crippen LogP contribution in [0.3, 0.4) is 0 Å². The third kappa shape index (κ3) is 3.96. The van der Waals surface area contributed by atoms with E-state index in [4.69, 9.17) is 15.2 Å². The molecule has 0 aromatic heterocycles. The smallest absolute Gasteiger partial charge is 0.250 e. The Morgan fingerprint density at radius 3 is 2.60 bits per heavy atom. The molecule has 6 heteroatoms. The number of piperidine rings is 1. The second kappa shape index (κ2) is 6.26. The molecule has 0 amide bonds. The number of nitrogens with zero attached hydrogens (tertiary/aromatic N) is 1. The number of benzene rings is 1. The van der Waals surface area contributed by atoms with Crippen LogP contribution < -0.4 is 15.2 Å². The average molecular weight is 286 g/mol. The number of hydrogen-bond acceptors (Lipinski definition) is 4. The molecule has 0 unspecified atom stereocenters. The Bertz CT molecular complexity index is 445. The molecule has 0 aliphatic carbocycles. The second-order valence-corrected chi connectivity index (χ2v) is 4.96. The summed E-state index contributed by atoms with van der Waals surface area (Å²) >= 11 is 0. The van der Waals surface area contributed by atoms with Crippen LogP contribution in [0.25, 0.3) is 0 Å². The lowest BCUT2D eigenvalue weighted by Crippen LogP contribution is -2.41. The fourth-order valence-corrected chi connectivity index (χ4v) is 2.19. The van der Waals surface area contributed by atoms with Gasteiger partial charge >= 0.3 is 0 Å². The first-order valence-electron chi connectivity index (χ1n) is 6.67. The summed E-state index contributed by atoms with van der Waals surface area (Å²) in [6.45, 7) is 1.86. The van der Waals surface area contributed by atoms with Gasteiger partial charge in [-0.1, -0.05) is 0 Å². The van der Waals surface area contributed by atoms with Crippen LogP contribution in [0.15, 0.2) is 18.2 Å². The van der Waals surface area contributed by atoms with Crippen LogP contribution in [0, 0.1) is 0 Å². The Kier molecular flexibility index (Phi) is 4.65. The van der Waals surface area contributed by atoms with Gasteiger partial charge in [-0.3, -0.25) is 4.90 Å². The first-order valence-corrected chi connectivity index (χ1v) is 6.67. The van der Waals surface area contributed by atoms with Gasteiger partial charge in [-0.25, -0.2) is 8.78 Å². The number of halogens is 2. The zero-order valence-corrected chi connectivity index (χ0v) is 11.6. The van der Waals surface area contributed by atoms with Gasteiger partial charge in [-0.15, -0.1) is 0 Å². The number of nitrogen functional groups attached to an aromatic ring is 1. The van der Waals surface area contributed by atoms with Crippen molar-refractivity contribution in [1.29, 1.82) is 0 Å². The van der Waals surface area contributed by atoms with Crippen LogP contribution in [0.1, 0.15) is 12.8 Å². The Morgan fingerprint density at radius 1 is 1.25 bits per heavy atom. The summed E-state index contributed by atoms with van der Waals surface area (Å²) in [5.74, 6) is -1.31. The van der Waals surface area contributed by atoms with E-state index in [0.717, 1.165) is 0 Å². The van der Waals surface area contributed by atoms with Crippen molar-refractivity contribution in [3.8, 4) is 11.5 Å². The summed E-state index contributed by atoms with van der Waals surface area (Å²) in [4.78, 5) is 1.98. The highest BCUT2D eigenvalue weighted by Crippen LogP contribution is 2.29. The molecule has 2 N–H and O–H groups in total. The van der Waals surface area contributed by atoms with Crippen molar-refractivity contribution in [3.05, 3.63) is 18.2 Å². The average Bonchev–Trinajstić information content (AvgIpc) is 2.41. The van der Waals surface area contributed by atoms with Crippen molar-refractivity contribution in [1.82, 2.24) is 4.90 Å². The maximum absolute atomic E-state index is 13.0. The molecular weight excluding hydrogens is 266 g/mol. The molecule has 0 spiro atoms. The Hall–Kier alpha value is -1.56. The van der Waals surface area contributed by atoms with Gasteiger partial charge in [0.1, 0.15) is 6.61 Å². The third-order valence-electron chi connectivity index (χ3n) is 3.44. The highest BCUT2D eigenvalue weighted by atomic mass is 19.3.